The number of hydrogen-bond acceptors (Lipinski definition) is 6. The molecule has 2 rings (SSSR count). The number of hydrogen-bond donors (Lipinski definition) is 4. The lowest BCUT2D eigenvalue weighted by molar-refractivity contribution is 0.0635. The predicted octanol–water partition coefficient (Wildman–Crippen LogP) is 2.76. The Bertz CT molecular complexity index is 722. The first-order chi connectivity index (χ1) is 11.8. The summed E-state index contributed by atoms with van der Waals surface area (Å²) in [5.41, 5.74) is 0.907. The second-order valence-electron chi connectivity index (χ2n) is 6.50. The normalized spacial score (nSPS) is 11.2. The molecule has 2 aromatic rings. The molecule has 0 bridgehead atoms. The molecule has 1 aromatic carbocycles. The molecule has 1 aromatic heterocycles. The minimum Gasteiger partial charge on any atom is -0.508 e. The average Bonchev–Trinajstić information content (AvgIpc) is 2.94. The number of amides is 1. The van der Waals surface area contributed by atoms with E-state index in [2.05, 4.69) is 20.8 Å². The molecule has 0 aliphatic carbocycles. The number of carbonyl (C=O) groups excluding carboxylic acids is 1. The van der Waals surface area contributed by atoms with Crippen LogP contribution >= 0.6 is 0 Å². The molecule has 0 saturated carbocycles. The maximum Gasteiger partial charge on any atom is 0.413 e. The molecular weight excluding hydrogens is 324 g/mol. The zero-order chi connectivity index (χ0) is 18.4. The third kappa shape index (κ3) is 5.68. The molecule has 4 N–H and O–H groups in total. The van der Waals surface area contributed by atoms with Gasteiger partial charge in [0.1, 0.15) is 22.9 Å². The maximum atomic E-state index is 11.8. The van der Waals surface area contributed by atoms with Gasteiger partial charge in [-0.2, -0.15) is 5.10 Å². The van der Waals surface area contributed by atoms with Crippen molar-refractivity contribution in [2.24, 2.45) is 0 Å². The van der Waals surface area contributed by atoms with Gasteiger partial charge in [0.15, 0.2) is 0 Å². The van der Waals surface area contributed by atoms with Crippen molar-refractivity contribution in [1.29, 1.82) is 0 Å². The van der Waals surface area contributed by atoms with Crippen LogP contribution in [-0.2, 0) is 17.8 Å². The van der Waals surface area contributed by atoms with Crippen LogP contribution in [0.25, 0.3) is 0 Å². The highest BCUT2D eigenvalue weighted by atomic mass is 16.6. The van der Waals surface area contributed by atoms with E-state index in [1.807, 2.05) is 0 Å². The van der Waals surface area contributed by atoms with Crippen LogP contribution in [0, 0.1) is 0 Å². The largest absolute Gasteiger partial charge is 0.508 e. The van der Waals surface area contributed by atoms with Crippen LogP contribution in [0.5, 0.6) is 11.5 Å². The van der Waals surface area contributed by atoms with Gasteiger partial charge in [0.25, 0.3) is 0 Å². The Morgan fingerprint density at radius 1 is 1.28 bits per heavy atom. The van der Waals surface area contributed by atoms with Gasteiger partial charge in [-0.3, -0.25) is 10.4 Å². The Kier molecular flexibility index (Phi) is 5.87. The molecule has 136 valence electrons. The van der Waals surface area contributed by atoms with Gasteiger partial charge in [-0.15, -0.1) is 0 Å². The van der Waals surface area contributed by atoms with Crippen molar-refractivity contribution in [1.82, 2.24) is 15.5 Å². The molecule has 8 heteroatoms. The summed E-state index contributed by atoms with van der Waals surface area (Å²) >= 11 is 0. The van der Waals surface area contributed by atoms with Crippen LogP contribution in [0.2, 0.25) is 0 Å². The molecule has 1 amide bonds. The topological polar surface area (TPSA) is 109 Å². The summed E-state index contributed by atoms with van der Waals surface area (Å²) in [6.07, 6.45) is 1.06. The number of aromatic amines is 1. The van der Waals surface area contributed by atoms with Gasteiger partial charge in [-0.1, -0.05) is 0 Å². The lowest BCUT2D eigenvalue weighted by Gasteiger charge is -2.19. The van der Waals surface area contributed by atoms with Crippen LogP contribution in [0.4, 0.5) is 10.6 Å². The Morgan fingerprint density at radius 2 is 2.00 bits per heavy atom. The number of H-pyrrole nitrogens is 1. The van der Waals surface area contributed by atoms with E-state index < -0.39 is 11.7 Å². The van der Waals surface area contributed by atoms with Gasteiger partial charge in [0.05, 0.1) is 13.3 Å². The van der Waals surface area contributed by atoms with Crippen molar-refractivity contribution < 1.29 is 19.4 Å². The third-order valence-corrected chi connectivity index (χ3v) is 3.26. The lowest BCUT2D eigenvalue weighted by atomic mass is 10.2. The van der Waals surface area contributed by atoms with Crippen molar-refractivity contribution in [2.45, 2.75) is 39.5 Å². The monoisotopic (exact) mass is 348 g/mol. The Labute approximate surface area is 146 Å². The maximum absolute atomic E-state index is 11.8. The van der Waals surface area contributed by atoms with E-state index in [1.54, 1.807) is 52.3 Å². The molecule has 0 radical (unpaired) electrons. The summed E-state index contributed by atoms with van der Waals surface area (Å²) in [7, 11) is 1.57. The zero-order valence-electron chi connectivity index (χ0n) is 14.8. The number of nitrogens with one attached hydrogen (secondary N) is 3. The van der Waals surface area contributed by atoms with E-state index in [-0.39, 0.29) is 5.75 Å². The number of benzene rings is 1. The number of methoxy groups -OCH3 is 1. The highest BCUT2D eigenvalue weighted by Crippen LogP contribution is 2.23. The van der Waals surface area contributed by atoms with Gasteiger partial charge in [-0.05, 0) is 39.0 Å². The number of anilines is 1. The van der Waals surface area contributed by atoms with Crippen molar-refractivity contribution in [3.8, 4) is 11.5 Å². The second-order valence-corrected chi connectivity index (χ2v) is 6.50. The lowest BCUT2D eigenvalue weighted by Crippen LogP contribution is -2.27. The van der Waals surface area contributed by atoms with Crippen molar-refractivity contribution >= 4 is 11.9 Å². The van der Waals surface area contributed by atoms with Crippen LogP contribution < -0.4 is 15.4 Å². The first-order valence-electron chi connectivity index (χ1n) is 7.87. The zero-order valence-corrected chi connectivity index (χ0v) is 14.8. The standard InChI is InChI=1S/C17H24N4O4/c1-17(2,3)25-16(23)20-15-12(10-19-21-15)9-18-8-11-7-13(24-4)5-6-14(11)22/h5-7,10,18,22H,8-9H2,1-4H3,(H2,19,20,21,23). The van der Waals surface area contributed by atoms with Crippen molar-refractivity contribution in [3.63, 3.8) is 0 Å². The van der Waals surface area contributed by atoms with Gasteiger partial charge < -0.3 is 19.9 Å². The number of rotatable bonds is 6. The van der Waals surface area contributed by atoms with E-state index in [0.717, 1.165) is 5.56 Å². The number of aromatic hydroxyl groups is 1. The molecule has 25 heavy (non-hydrogen) atoms. The average molecular weight is 348 g/mol. The molecular formula is C17H24N4O4. The SMILES string of the molecule is COc1ccc(O)c(CNCc2cn[nH]c2NC(=O)OC(C)(C)C)c1. The summed E-state index contributed by atoms with van der Waals surface area (Å²) in [6, 6.07) is 5.04. The Hall–Kier alpha value is -2.74. The Balaban J connectivity index is 1.92. The number of carbonyl (C=O) groups is 1. The summed E-state index contributed by atoms with van der Waals surface area (Å²) in [5.74, 6) is 1.33. The number of aromatic nitrogens is 2. The van der Waals surface area contributed by atoms with Crippen LogP contribution in [0.3, 0.4) is 0 Å². The van der Waals surface area contributed by atoms with E-state index in [4.69, 9.17) is 9.47 Å². The molecule has 0 atom stereocenters. The van der Waals surface area contributed by atoms with Crippen LogP contribution in [-0.4, -0.2) is 34.1 Å². The molecule has 0 unspecified atom stereocenters. The van der Waals surface area contributed by atoms with Gasteiger partial charge in [-0.25, -0.2) is 4.79 Å². The minimum absolute atomic E-state index is 0.188. The minimum atomic E-state index is -0.577. The van der Waals surface area contributed by atoms with E-state index in [0.29, 0.717) is 30.2 Å². The molecule has 0 spiro atoms. The Morgan fingerprint density at radius 3 is 2.68 bits per heavy atom. The van der Waals surface area contributed by atoms with E-state index in [1.165, 1.54) is 0 Å². The number of nitrogens with zero attached hydrogens (tertiary/aromatic N) is 1. The third-order valence-electron chi connectivity index (χ3n) is 3.26. The van der Waals surface area contributed by atoms with E-state index >= 15 is 0 Å². The van der Waals surface area contributed by atoms with Crippen molar-refractivity contribution in [2.75, 3.05) is 12.4 Å². The van der Waals surface area contributed by atoms with Gasteiger partial charge in [0.2, 0.25) is 0 Å². The van der Waals surface area contributed by atoms with Crippen molar-refractivity contribution in [3.05, 3.63) is 35.5 Å². The van der Waals surface area contributed by atoms with Gasteiger partial charge >= 0.3 is 6.09 Å². The van der Waals surface area contributed by atoms with Gasteiger partial charge in [0, 0.05) is 24.2 Å². The molecule has 1 heterocycles. The molecule has 0 fully saturated rings. The number of phenolic OH excluding ortho intramolecular Hbond substituents is 1. The summed E-state index contributed by atoms with van der Waals surface area (Å²) in [5, 5.41) is 22.4. The number of ether oxygens (including phenoxy) is 2. The van der Waals surface area contributed by atoms with E-state index in [9.17, 15) is 9.90 Å². The van der Waals surface area contributed by atoms with Crippen LogP contribution in [0.1, 0.15) is 31.9 Å². The first-order valence-corrected chi connectivity index (χ1v) is 7.87. The second kappa shape index (κ2) is 7.89. The molecule has 0 aliphatic heterocycles. The predicted molar refractivity (Wildman–Crippen MR) is 93.6 cm³/mol. The summed E-state index contributed by atoms with van der Waals surface area (Å²) in [6.45, 7) is 6.26. The highest BCUT2D eigenvalue weighted by Gasteiger charge is 2.18. The van der Waals surface area contributed by atoms with Crippen LogP contribution in [0.15, 0.2) is 24.4 Å². The number of phenols is 1. The molecule has 0 aliphatic rings. The fraction of sp³-hybridized carbons (Fsp3) is 0.412. The summed E-state index contributed by atoms with van der Waals surface area (Å²) in [4.78, 5) is 11.8. The first kappa shape index (κ1) is 18.6. The highest BCUT2D eigenvalue weighted by molar-refractivity contribution is 5.84. The smallest absolute Gasteiger partial charge is 0.413 e. The fourth-order valence-electron chi connectivity index (χ4n) is 2.12. The summed E-state index contributed by atoms with van der Waals surface area (Å²) < 4.78 is 10.4. The quantitative estimate of drug-likeness (QED) is 0.639. The molecule has 0 saturated heterocycles. The molecule has 8 nitrogen and oxygen atoms in total. The fourth-order valence-corrected chi connectivity index (χ4v) is 2.12.